The lowest BCUT2D eigenvalue weighted by molar-refractivity contribution is 0.167. The van der Waals surface area contributed by atoms with Crippen LogP contribution in [0.25, 0.3) is 0 Å². The second kappa shape index (κ2) is 3.78. The van der Waals surface area contributed by atoms with Crippen molar-refractivity contribution in [1.29, 1.82) is 0 Å². The molecular weight excluding hydrogens is 184 g/mol. The summed E-state index contributed by atoms with van der Waals surface area (Å²) in [5, 5.41) is 0.437. The molecule has 0 aromatic heterocycles. The molecule has 1 heterocycles. The van der Waals surface area contributed by atoms with Gasteiger partial charge in [-0.1, -0.05) is 6.92 Å². The van der Waals surface area contributed by atoms with Crippen LogP contribution in [0.15, 0.2) is 0 Å². The fraction of sp³-hybridized carbons (Fsp3) is 1.00. The molecule has 0 amide bonds. The Morgan fingerprint density at radius 2 is 2.31 bits per heavy atom. The first-order valence-corrected chi connectivity index (χ1v) is 5.83. The van der Waals surface area contributed by atoms with Gasteiger partial charge >= 0.3 is 0 Å². The lowest BCUT2D eigenvalue weighted by Gasteiger charge is -2.26. The van der Waals surface area contributed by atoms with Gasteiger partial charge in [0, 0.05) is 18.6 Å². The van der Waals surface area contributed by atoms with Crippen LogP contribution in [0.1, 0.15) is 39.0 Å². The highest BCUT2D eigenvalue weighted by Crippen LogP contribution is 2.45. The second-order valence-corrected chi connectivity index (χ2v) is 5.70. The molecule has 2 heteroatoms. The molecule has 1 saturated heterocycles. The van der Waals surface area contributed by atoms with Gasteiger partial charge in [-0.2, -0.15) is 0 Å². The molecule has 3 unspecified atom stereocenters. The molecule has 2 rings (SSSR count). The molecule has 2 fully saturated rings. The van der Waals surface area contributed by atoms with Crippen molar-refractivity contribution >= 4 is 11.6 Å². The van der Waals surface area contributed by atoms with Crippen molar-refractivity contribution in [3.8, 4) is 0 Å². The van der Waals surface area contributed by atoms with Crippen LogP contribution >= 0.6 is 11.6 Å². The monoisotopic (exact) mass is 202 g/mol. The van der Waals surface area contributed by atoms with Gasteiger partial charge in [-0.15, -0.1) is 11.6 Å². The summed E-state index contributed by atoms with van der Waals surface area (Å²) in [6.07, 6.45) is 6.34. The number of halogens is 1. The molecule has 3 atom stereocenters. The lowest BCUT2D eigenvalue weighted by Crippen LogP contribution is -2.18. The number of hydrogen-bond acceptors (Lipinski definition) is 1. The van der Waals surface area contributed by atoms with E-state index in [1.165, 1.54) is 32.1 Å². The van der Waals surface area contributed by atoms with Crippen LogP contribution < -0.4 is 0 Å². The van der Waals surface area contributed by atoms with Gasteiger partial charge in [0.2, 0.25) is 0 Å². The minimum absolute atomic E-state index is 0.437. The Balaban J connectivity index is 1.85. The summed E-state index contributed by atoms with van der Waals surface area (Å²) in [5.41, 5.74) is 0.519. The number of rotatable bonds is 2. The van der Waals surface area contributed by atoms with Gasteiger partial charge in [0.25, 0.3) is 0 Å². The molecular formula is C11H19ClO. The predicted molar refractivity (Wildman–Crippen MR) is 55.1 cm³/mol. The van der Waals surface area contributed by atoms with Crippen molar-refractivity contribution in [3.05, 3.63) is 0 Å². The summed E-state index contributed by atoms with van der Waals surface area (Å²) < 4.78 is 5.41. The SMILES string of the molecule is CC1(CC2CCOC2)CCC(Cl)C1. The van der Waals surface area contributed by atoms with Crippen LogP contribution in [-0.2, 0) is 4.74 Å². The van der Waals surface area contributed by atoms with Crippen LogP contribution in [0, 0.1) is 11.3 Å². The summed E-state index contributed by atoms with van der Waals surface area (Å²) in [6.45, 7) is 4.36. The molecule has 1 nitrogen and oxygen atoms in total. The van der Waals surface area contributed by atoms with Crippen LogP contribution in [0.2, 0.25) is 0 Å². The molecule has 0 spiro atoms. The first-order chi connectivity index (χ1) is 6.18. The first kappa shape index (κ1) is 9.79. The van der Waals surface area contributed by atoms with Gasteiger partial charge in [0.05, 0.1) is 0 Å². The average molecular weight is 203 g/mol. The third-order valence-corrected chi connectivity index (χ3v) is 3.95. The molecule has 0 aromatic rings. The molecule has 76 valence electrons. The quantitative estimate of drug-likeness (QED) is 0.625. The van der Waals surface area contributed by atoms with Gasteiger partial charge in [0.15, 0.2) is 0 Å². The van der Waals surface area contributed by atoms with E-state index in [4.69, 9.17) is 16.3 Å². The second-order valence-electron chi connectivity index (χ2n) is 5.08. The molecule has 0 bridgehead atoms. The third kappa shape index (κ3) is 2.38. The molecule has 2 aliphatic rings. The summed E-state index contributed by atoms with van der Waals surface area (Å²) in [4.78, 5) is 0. The lowest BCUT2D eigenvalue weighted by atomic mass is 9.79. The predicted octanol–water partition coefficient (Wildman–Crippen LogP) is 3.21. The molecule has 0 aromatic carbocycles. The van der Waals surface area contributed by atoms with Crippen molar-refractivity contribution < 1.29 is 4.74 Å². The Kier molecular flexibility index (Phi) is 2.85. The zero-order valence-corrected chi connectivity index (χ0v) is 9.15. The molecule has 1 saturated carbocycles. The molecule has 1 aliphatic carbocycles. The van der Waals surface area contributed by atoms with Crippen LogP contribution in [0.3, 0.4) is 0 Å². The minimum Gasteiger partial charge on any atom is -0.381 e. The van der Waals surface area contributed by atoms with E-state index in [0.29, 0.717) is 10.8 Å². The Bertz CT molecular complexity index is 177. The highest BCUT2D eigenvalue weighted by Gasteiger charge is 2.36. The first-order valence-electron chi connectivity index (χ1n) is 5.40. The third-order valence-electron chi connectivity index (χ3n) is 3.58. The van der Waals surface area contributed by atoms with Gasteiger partial charge in [-0.05, 0) is 43.4 Å². The Morgan fingerprint density at radius 1 is 1.46 bits per heavy atom. The van der Waals surface area contributed by atoms with Crippen molar-refractivity contribution in [2.24, 2.45) is 11.3 Å². The summed E-state index contributed by atoms with van der Waals surface area (Å²) in [7, 11) is 0. The highest BCUT2D eigenvalue weighted by molar-refractivity contribution is 6.20. The van der Waals surface area contributed by atoms with Crippen molar-refractivity contribution in [1.82, 2.24) is 0 Å². The van der Waals surface area contributed by atoms with E-state index >= 15 is 0 Å². The molecule has 1 aliphatic heterocycles. The summed E-state index contributed by atoms with van der Waals surface area (Å²) in [5.74, 6) is 0.812. The Morgan fingerprint density at radius 3 is 2.85 bits per heavy atom. The van der Waals surface area contributed by atoms with E-state index in [0.717, 1.165) is 19.1 Å². The van der Waals surface area contributed by atoms with Gasteiger partial charge < -0.3 is 4.74 Å². The van der Waals surface area contributed by atoms with E-state index in [9.17, 15) is 0 Å². The summed E-state index contributed by atoms with van der Waals surface area (Å²) >= 11 is 6.15. The number of alkyl halides is 1. The minimum atomic E-state index is 0.437. The zero-order valence-electron chi connectivity index (χ0n) is 8.39. The van der Waals surface area contributed by atoms with Crippen LogP contribution in [0.4, 0.5) is 0 Å². The van der Waals surface area contributed by atoms with Gasteiger partial charge in [-0.25, -0.2) is 0 Å². The smallest absolute Gasteiger partial charge is 0.0495 e. The van der Waals surface area contributed by atoms with Gasteiger partial charge in [-0.3, -0.25) is 0 Å². The normalized spacial score (nSPS) is 45.7. The van der Waals surface area contributed by atoms with Crippen molar-refractivity contribution in [3.63, 3.8) is 0 Å². The van der Waals surface area contributed by atoms with Crippen LogP contribution in [-0.4, -0.2) is 18.6 Å². The van der Waals surface area contributed by atoms with Crippen LogP contribution in [0.5, 0.6) is 0 Å². The number of hydrogen-bond donors (Lipinski definition) is 0. The number of ether oxygens (including phenoxy) is 1. The molecule has 0 radical (unpaired) electrons. The largest absolute Gasteiger partial charge is 0.381 e. The Hall–Kier alpha value is 0.250. The standard InChI is InChI=1S/C11H19ClO/c1-11(4-2-10(12)7-11)6-9-3-5-13-8-9/h9-10H,2-8H2,1H3. The van der Waals surface area contributed by atoms with Crippen molar-refractivity contribution in [2.75, 3.05) is 13.2 Å². The maximum atomic E-state index is 6.15. The Labute approximate surface area is 85.8 Å². The summed E-state index contributed by atoms with van der Waals surface area (Å²) in [6, 6.07) is 0. The molecule has 13 heavy (non-hydrogen) atoms. The zero-order chi connectivity index (χ0) is 9.31. The van der Waals surface area contributed by atoms with E-state index in [2.05, 4.69) is 6.92 Å². The fourth-order valence-corrected chi connectivity index (χ4v) is 3.35. The van der Waals surface area contributed by atoms with E-state index < -0.39 is 0 Å². The van der Waals surface area contributed by atoms with E-state index in [1.54, 1.807) is 0 Å². The molecule has 0 N–H and O–H groups in total. The topological polar surface area (TPSA) is 9.23 Å². The fourth-order valence-electron chi connectivity index (χ4n) is 2.87. The van der Waals surface area contributed by atoms with Crippen molar-refractivity contribution in [2.45, 2.75) is 44.4 Å². The van der Waals surface area contributed by atoms with E-state index in [-0.39, 0.29) is 0 Å². The van der Waals surface area contributed by atoms with E-state index in [1.807, 2.05) is 0 Å². The highest BCUT2D eigenvalue weighted by atomic mass is 35.5. The van der Waals surface area contributed by atoms with Gasteiger partial charge in [0.1, 0.15) is 0 Å². The average Bonchev–Trinajstić information content (AvgIpc) is 2.62. The maximum Gasteiger partial charge on any atom is 0.0495 e. The maximum absolute atomic E-state index is 6.15.